The SMILES string of the molecule is C=CCOc1ccc(S(=O)(=O)c2ccccc2)cc1. The van der Waals surface area contributed by atoms with Gasteiger partial charge >= 0.3 is 0 Å². The van der Waals surface area contributed by atoms with Crippen molar-refractivity contribution in [1.29, 1.82) is 0 Å². The fourth-order valence-corrected chi connectivity index (χ4v) is 2.89. The fraction of sp³-hybridized carbons (Fsp3) is 0.0667. The summed E-state index contributed by atoms with van der Waals surface area (Å²) in [5, 5.41) is 0. The molecule has 2 aromatic carbocycles. The van der Waals surface area contributed by atoms with Crippen LogP contribution >= 0.6 is 0 Å². The maximum atomic E-state index is 12.3. The van der Waals surface area contributed by atoms with Crippen molar-refractivity contribution in [2.45, 2.75) is 9.79 Å². The number of rotatable bonds is 5. The van der Waals surface area contributed by atoms with Gasteiger partial charge < -0.3 is 4.74 Å². The monoisotopic (exact) mass is 274 g/mol. The van der Waals surface area contributed by atoms with Gasteiger partial charge in [0.25, 0.3) is 0 Å². The highest BCUT2D eigenvalue weighted by Crippen LogP contribution is 2.22. The molecule has 0 heterocycles. The topological polar surface area (TPSA) is 43.4 Å². The molecule has 0 fully saturated rings. The number of ether oxygens (including phenoxy) is 1. The van der Waals surface area contributed by atoms with Crippen LogP contribution < -0.4 is 4.74 Å². The zero-order valence-electron chi connectivity index (χ0n) is 10.3. The number of benzene rings is 2. The van der Waals surface area contributed by atoms with E-state index in [0.717, 1.165) is 0 Å². The minimum absolute atomic E-state index is 0.254. The Hall–Kier alpha value is -2.07. The molecule has 4 heteroatoms. The van der Waals surface area contributed by atoms with Gasteiger partial charge in [-0.3, -0.25) is 0 Å². The average Bonchev–Trinajstić information content (AvgIpc) is 2.46. The van der Waals surface area contributed by atoms with Gasteiger partial charge in [-0.15, -0.1) is 0 Å². The first kappa shape index (κ1) is 13.4. The predicted molar refractivity (Wildman–Crippen MR) is 74.0 cm³/mol. The molecule has 2 rings (SSSR count). The van der Waals surface area contributed by atoms with Crippen LogP contribution in [0.2, 0.25) is 0 Å². The van der Waals surface area contributed by atoms with E-state index in [1.807, 2.05) is 0 Å². The third-order valence-corrected chi connectivity index (χ3v) is 4.34. The molecule has 0 saturated heterocycles. The van der Waals surface area contributed by atoms with Gasteiger partial charge in [-0.1, -0.05) is 30.9 Å². The van der Waals surface area contributed by atoms with Crippen molar-refractivity contribution >= 4 is 9.84 Å². The van der Waals surface area contributed by atoms with Gasteiger partial charge in [0.2, 0.25) is 9.84 Å². The van der Waals surface area contributed by atoms with Crippen LogP contribution in [0.4, 0.5) is 0 Å². The van der Waals surface area contributed by atoms with E-state index in [4.69, 9.17) is 4.74 Å². The molecule has 0 unspecified atom stereocenters. The van der Waals surface area contributed by atoms with Crippen molar-refractivity contribution in [3.05, 3.63) is 67.3 Å². The summed E-state index contributed by atoms with van der Waals surface area (Å²) in [4.78, 5) is 0.541. The first-order valence-electron chi connectivity index (χ1n) is 5.78. The smallest absolute Gasteiger partial charge is 0.206 e. The van der Waals surface area contributed by atoms with Crippen LogP contribution in [0, 0.1) is 0 Å². The van der Waals surface area contributed by atoms with E-state index in [1.54, 1.807) is 60.7 Å². The highest BCUT2D eigenvalue weighted by molar-refractivity contribution is 7.91. The summed E-state index contributed by atoms with van der Waals surface area (Å²) in [6, 6.07) is 14.7. The minimum Gasteiger partial charge on any atom is -0.490 e. The minimum atomic E-state index is -3.45. The molecule has 2 aromatic rings. The largest absolute Gasteiger partial charge is 0.490 e. The normalized spacial score (nSPS) is 10.9. The summed E-state index contributed by atoms with van der Waals surface area (Å²) < 4.78 is 29.9. The van der Waals surface area contributed by atoms with Gasteiger partial charge in [-0.05, 0) is 36.4 Å². The molecule has 3 nitrogen and oxygen atoms in total. The number of hydrogen-bond acceptors (Lipinski definition) is 3. The standard InChI is InChI=1S/C15H14O3S/c1-2-12-18-13-8-10-15(11-9-13)19(16,17)14-6-4-3-5-7-14/h2-11H,1,12H2. The second-order valence-electron chi connectivity index (χ2n) is 3.89. The maximum absolute atomic E-state index is 12.3. The molecule has 0 aliphatic rings. The summed E-state index contributed by atoms with van der Waals surface area (Å²) in [7, 11) is -3.45. The molecule has 0 saturated carbocycles. The highest BCUT2D eigenvalue weighted by Gasteiger charge is 2.16. The van der Waals surface area contributed by atoms with E-state index in [-0.39, 0.29) is 9.79 Å². The maximum Gasteiger partial charge on any atom is 0.206 e. The Morgan fingerprint density at radius 3 is 2.11 bits per heavy atom. The lowest BCUT2D eigenvalue weighted by Crippen LogP contribution is -2.01. The second-order valence-corrected chi connectivity index (χ2v) is 5.84. The van der Waals surface area contributed by atoms with Gasteiger partial charge in [-0.2, -0.15) is 0 Å². The van der Waals surface area contributed by atoms with Gasteiger partial charge in [0.15, 0.2) is 0 Å². The molecule has 19 heavy (non-hydrogen) atoms. The molecular weight excluding hydrogens is 260 g/mol. The summed E-state index contributed by atoms with van der Waals surface area (Å²) >= 11 is 0. The van der Waals surface area contributed by atoms with Crippen molar-refractivity contribution in [2.75, 3.05) is 6.61 Å². The van der Waals surface area contributed by atoms with Crippen molar-refractivity contribution in [3.63, 3.8) is 0 Å². The molecule has 98 valence electrons. The Labute approximate surface area is 113 Å². The lowest BCUT2D eigenvalue weighted by Gasteiger charge is -2.06. The van der Waals surface area contributed by atoms with Crippen LogP contribution in [0.1, 0.15) is 0 Å². The number of hydrogen-bond donors (Lipinski definition) is 0. The third-order valence-electron chi connectivity index (χ3n) is 2.56. The van der Waals surface area contributed by atoms with Gasteiger partial charge in [0.1, 0.15) is 12.4 Å². The lowest BCUT2D eigenvalue weighted by molar-refractivity contribution is 0.363. The van der Waals surface area contributed by atoms with E-state index in [0.29, 0.717) is 12.4 Å². The summed E-state index contributed by atoms with van der Waals surface area (Å²) in [5.74, 6) is 0.618. The number of sulfone groups is 1. The second kappa shape index (κ2) is 5.71. The van der Waals surface area contributed by atoms with Crippen LogP contribution in [-0.2, 0) is 9.84 Å². The Balaban J connectivity index is 2.29. The quantitative estimate of drug-likeness (QED) is 0.787. The molecule has 0 aromatic heterocycles. The molecule has 0 bridgehead atoms. The summed E-state index contributed by atoms with van der Waals surface area (Å²) in [5.41, 5.74) is 0. The van der Waals surface area contributed by atoms with Gasteiger partial charge in [0, 0.05) is 0 Å². The van der Waals surface area contributed by atoms with Crippen LogP contribution in [0.3, 0.4) is 0 Å². The Morgan fingerprint density at radius 2 is 1.53 bits per heavy atom. The Bertz CT molecular complexity index is 644. The van der Waals surface area contributed by atoms with Gasteiger partial charge in [-0.25, -0.2) is 8.42 Å². The van der Waals surface area contributed by atoms with E-state index in [1.165, 1.54) is 0 Å². The first-order chi connectivity index (χ1) is 9.14. The molecule has 0 amide bonds. The van der Waals surface area contributed by atoms with Crippen molar-refractivity contribution in [2.24, 2.45) is 0 Å². The summed E-state index contributed by atoms with van der Waals surface area (Å²) in [6.45, 7) is 3.94. The van der Waals surface area contributed by atoms with E-state index in [9.17, 15) is 8.42 Å². The molecule has 0 aliphatic carbocycles. The van der Waals surface area contributed by atoms with Crippen LogP contribution in [-0.4, -0.2) is 15.0 Å². The predicted octanol–water partition coefficient (Wildman–Crippen LogP) is 3.08. The fourth-order valence-electron chi connectivity index (χ4n) is 1.61. The molecule has 0 aliphatic heterocycles. The van der Waals surface area contributed by atoms with Crippen molar-refractivity contribution in [3.8, 4) is 5.75 Å². The van der Waals surface area contributed by atoms with Gasteiger partial charge in [0.05, 0.1) is 9.79 Å². The molecule has 0 N–H and O–H groups in total. The van der Waals surface area contributed by atoms with Crippen LogP contribution in [0.5, 0.6) is 5.75 Å². The Kier molecular flexibility index (Phi) is 4.02. The third kappa shape index (κ3) is 3.03. The van der Waals surface area contributed by atoms with E-state index < -0.39 is 9.84 Å². The highest BCUT2D eigenvalue weighted by atomic mass is 32.2. The van der Waals surface area contributed by atoms with Crippen molar-refractivity contribution in [1.82, 2.24) is 0 Å². The van der Waals surface area contributed by atoms with E-state index >= 15 is 0 Å². The van der Waals surface area contributed by atoms with Crippen LogP contribution in [0.15, 0.2) is 77.0 Å². The average molecular weight is 274 g/mol. The van der Waals surface area contributed by atoms with Crippen LogP contribution in [0.25, 0.3) is 0 Å². The first-order valence-corrected chi connectivity index (χ1v) is 7.27. The Morgan fingerprint density at radius 1 is 0.947 bits per heavy atom. The molecular formula is C15H14O3S. The zero-order chi connectivity index (χ0) is 13.7. The lowest BCUT2D eigenvalue weighted by atomic mass is 10.3. The molecule has 0 radical (unpaired) electrons. The summed E-state index contributed by atoms with van der Waals surface area (Å²) in [6.07, 6.45) is 1.63. The molecule has 0 atom stereocenters. The zero-order valence-corrected chi connectivity index (χ0v) is 11.1. The van der Waals surface area contributed by atoms with Crippen molar-refractivity contribution < 1.29 is 13.2 Å². The molecule has 0 spiro atoms. The van der Waals surface area contributed by atoms with E-state index in [2.05, 4.69) is 6.58 Å².